The number of amides is 2. The fourth-order valence-electron chi connectivity index (χ4n) is 3.78. The molecule has 0 saturated carbocycles. The van der Waals surface area contributed by atoms with Crippen LogP contribution in [0.1, 0.15) is 12.0 Å². The first-order valence-electron chi connectivity index (χ1n) is 10.7. The molecule has 3 aromatic rings. The molecule has 1 unspecified atom stereocenters. The van der Waals surface area contributed by atoms with Gasteiger partial charge in [-0.3, -0.25) is 19.5 Å². The number of nitrogens with one attached hydrogen (secondary N) is 2. The molecule has 0 fully saturated rings. The number of nitrogens with zero attached hydrogens (tertiary/aromatic N) is 3. The number of H-pyrrole nitrogens is 1. The Bertz CT molecular complexity index is 1580. The molecule has 0 spiro atoms. The van der Waals surface area contributed by atoms with E-state index in [-0.39, 0.29) is 22.8 Å². The number of rotatable bonds is 7. The molecule has 1 aromatic heterocycles. The second-order valence-corrected chi connectivity index (χ2v) is 10.8. The van der Waals surface area contributed by atoms with Crippen molar-refractivity contribution in [2.45, 2.75) is 23.6 Å². The topological polar surface area (TPSA) is 179 Å². The van der Waals surface area contributed by atoms with Crippen molar-refractivity contribution in [2.24, 2.45) is 0 Å². The molecule has 0 saturated heterocycles. The van der Waals surface area contributed by atoms with Crippen LogP contribution in [0.5, 0.6) is 5.75 Å². The summed E-state index contributed by atoms with van der Waals surface area (Å²) in [6, 6.07) is 6.52. The summed E-state index contributed by atoms with van der Waals surface area (Å²) in [5, 5.41) is 17.0. The van der Waals surface area contributed by atoms with E-state index in [9.17, 15) is 39.6 Å². The first-order valence-corrected chi connectivity index (χ1v) is 13.3. The Hall–Kier alpha value is -4.32. The number of fused-ring (bicyclic) bond motifs is 1. The van der Waals surface area contributed by atoms with E-state index in [4.69, 9.17) is 9.84 Å². The van der Waals surface area contributed by atoms with Crippen molar-refractivity contribution in [2.75, 3.05) is 20.5 Å². The van der Waals surface area contributed by atoms with Crippen molar-refractivity contribution in [3.05, 3.63) is 60.4 Å². The summed E-state index contributed by atoms with van der Waals surface area (Å²) in [6.07, 6.45) is -6.03. The van der Waals surface area contributed by atoms with Gasteiger partial charge in [0.25, 0.3) is 10.0 Å². The third-order valence-corrected chi connectivity index (χ3v) is 7.98. The third kappa shape index (κ3) is 5.90. The number of benzene rings is 2. The number of carboxylic acid groups (broad SMARTS) is 1. The van der Waals surface area contributed by atoms with Crippen LogP contribution in [0.4, 0.5) is 35.0 Å². The van der Waals surface area contributed by atoms with Gasteiger partial charge in [-0.25, -0.2) is 25.9 Å². The van der Waals surface area contributed by atoms with Crippen molar-refractivity contribution in [3.63, 3.8) is 0 Å². The van der Waals surface area contributed by atoms with E-state index < -0.39 is 68.6 Å². The molecular formula is C21H18F3N5O8S2. The fourth-order valence-corrected chi connectivity index (χ4v) is 5.88. The molecule has 1 aliphatic rings. The minimum atomic E-state index is -4.84. The number of ether oxygens (including phenoxy) is 1. The van der Waals surface area contributed by atoms with Gasteiger partial charge in [0.05, 0.1) is 41.0 Å². The standard InChI is InChI=1S/C21H18F3N5O8S2/c22-21(23,24)12-2-1-3-16(6-12)39(35,36)28-11-15(8-19(30)29(38(33)34)14-9-25-26-10-14)37-18-5-4-13(7-17(18)28)27-20(31)32/h1-7,9-10,15,27,38H,8,11H2,(H,25,26)(H,31,32). The molecule has 0 aliphatic carbocycles. The van der Waals surface area contributed by atoms with E-state index in [2.05, 4.69) is 10.2 Å². The number of carbonyl (C=O) groups excluding carboxylic acids is 1. The number of hydrogen-bond donors (Lipinski definition) is 4. The van der Waals surface area contributed by atoms with E-state index in [0.29, 0.717) is 20.7 Å². The number of thiol groups is 1. The second kappa shape index (κ2) is 10.4. The molecule has 208 valence electrons. The van der Waals surface area contributed by atoms with Crippen LogP contribution >= 0.6 is 0 Å². The largest absolute Gasteiger partial charge is 0.486 e. The normalized spacial score (nSPS) is 15.4. The fraction of sp³-hybridized carbons (Fsp3) is 0.190. The van der Waals surface area contributed by atoms with Gasteiger partial charge < -0.3 is 9.84 Å². The number of alkyl halides is 3. The highest BCUT2D eigenvalue weighted by molar-refractivity contribution is 7.92. The van der Waals surface area contributed by atoms with Crippen LogP contribution in [-0.4, -0.2) is 56.8 Å². The molecule has 2 amide bonds. The third-order valence-electron chi connectivity index (χ3n) is 5.42. The lowest BCUT2D eigenvalue weighted by atomic mass is 10.1. The average Bonchev–Trinajstić information content (AvgIpc) is 3.37. The number of aromatic amines is 1. The van der Waals surface area contributed by atoms with E-state index in [0.717, 1.165) is 30.6 Å². The number of aromatic nitrogens is 2. The molecular weight excluding hydrogens is 571 g/mol. The lowest BCUT2D eigenvalue weighted by molar-refractivity contribution is -0.137. The molecule has 3 N–H and O–H groups in total. The highest BCUT2D eigenvalue weighted by atomic mass is 32.2. The monoisotopic (exact) mass is 589 g/mol. The van der Waals surface area contributed by atoms with Gasteiger partial charge in [-0.2, -0.15) is 18.3 Å². The van der Waals surface area contributed by atoms with E-state index in [1.54, 1.807) is 0 Å². The summed E-state index contributed by atoms with van der Waals surface area (Å²) in [5.41, 5.74) is -1.62. The number of anilines is 3. The summed E-state index contributed by atoms with van der Waals surface area (Å²) >= 11 is 0. The van der Waals surface area contributed by atoms with Crippen LogP contribution in [0.2, 0.25) is 0 Å². The van der Waals surface area contributed by atoms with Crippen molar-refractivity contribution in [1.29, 1.82) is 0 Å². The molecule has 1 atom stereocenters. The summed E-state index contributed by atoms with van der Waals surface area (Å²) in [7, 11) is -8.20. The van der Waals surface area contributed by atoms with Gasteiger partial charge >= 0.3 is 12.3 Å². The van der Waals surface area contributed by atoms with Crippen molar-refractivity contribution in [3.8, 4) is 5.75 Å². The zero-order valence-corrected chi connectivity index (χ0v) is 21.0. The van der Waals surface area contributed by atoms with Crippen LogP contribution in [0, 0.1) is 0 Å². The number of carbonyl (C=O) groups is 2. The molecule has 0 bridgehead atoms. The Labute approximate surface area is 219 Å². The Morgan fingerprint density at radius 1 is 1.23 bits per heavy atom. The number of halogens is 3. The van der Waals surface area contributed by atoms with Crippen molar-refractivity contribution in [1.82, 2.24) is 10.2 Å². The smallest absolute Gasteiger partial charge is 0.416 e. The molecule has 18 heteroatoms. The highest BCUT2D eigenvalue weighted by Crippen LogP contribution is 2.40. The predicted octanol–water partition coefficient (Wildman–Crippen LogP) is 2.42. The first kappa shape index (κ1) is 27.7. The second-order valence-electron chi connectivity index (χ2n) is 8.02. The maximum Gasteiger partial charge on any atom is 0.416 e. The Balaban J connectivity index is 1.74. The summed E-state index contributed by atoms with van der Waals surface area (Å²) < 4.78 is 97.3. The van der Waals surface area contributed by atoms with Crippen LogP contribution < -0.4 is 18.7 Å². The maximum atomic E-state index is 13.6. The summed E-state index contributed by atoms with van der Waals surface area (Å²) in [5.74, 6) is -1.14. The minimum Gasteiger partial charge on any atom is -0.486 e. The Morgan fingerprint density at radius 2 is 1.97 bits per heavy atom. The van der Waals surface area contributed by atoms with E-state index in [1.807, 2.05) is 5.32 Å². The predicted molar refractivity (Wildman–Crippen MR) is 129 cm³/mol. The SMILES string of the molecule is O=C(O)Nc1ccc2c(c1)N(S(=O)(=O)c1cccc(C(F)(F)F)c1)CC(CC(=O)N(c1cn[nH]c1)[SH](=O)=O)O2. The Kier molecular flexibility index (Phi) is 7.42. The summed E-state index contributed by atoms with van der Waals surface area (Å²) in [6.45, 7) is -0.622. The molecule has 39 heavy (non-hydrogen) atoms. The molecule has 1 aliphatic heterocycles. The zero-order valence-electron chi connectivity index (χ0n) is 19.3. The van der Waals surface area contributed by atoms with Gasteiger partial charge in [0.1, 0.15) is 11.9 Å². The molecule has 2 heterocycles. The van der Waals surface area contributed by atoms with Crippen LogP contribution in [0.3, 0.4) is 0 Å². The first-order chi connectivity index (χ1) is 18.3. The summed E-state index contributed by atoms with van der Waals surface area (Å²) in [4.78, 5) is 23.2. The van der Waals surface area contributed by atoms with Gasteiger partial charge in [0.15, 0.2) is 0 Å². The van der Waals surface area contributed by atoms with Gasteiger partial charge in [0.2, 0.25) is 16.8 Å². The lowest BCUT2D eigenvalue weighted by Crippen LogP contribution is -2.46. The molecule has 2 aromatic carbocycles. The van der Waals surface area contributed by atoms with Crippen LogP contribution in [0.25, 0.3) is 0 Å². The maximum absolute atomic E-state index is 13.6. The quantitative estimate of drug-likeness (QED) is 0.301. The van der Waals surface area contributed by atoms with Crippen molar-refractivity contribution < 1.29 is 49.4 Å². The Morgan fingerprint density at radius 3 is 2.59 bits per heavy atom. The molecule has 0 radical (unpaired) electrons. The number of sulfonamides is 1. The van der Waals surface area contributed by atoms with Crippen LogP contribution in [-0.2, 0) is 31.9 Å². The van der Waals surface area contributed by atoms with E-state index in [1.165, 1.54) is 12.1 Å². The zero-order chi connectivity index (χ0) is 28.5. The van der Waals surface area contributed by atoms with Crippen LogP contribution in [0.15, 0.2) is 59.8 Å². The minimum absolute atomic E-state index is 0.0712. The van der Waals surface area contributed by atoms with Gasteiger partial charge in [-0.15, -0.1) is 0 Å². The van der Waals surface area contributed by atoms with Gasteiger partial charge in [0, 0.05) is 11.9 Å². The van der Waals surface area contributed by atoms with E-state index >= 15 is 0 Å². The van der Waals surface area contributed by atoms with Gasteiger partial charge in [-0.05, 0) is 36.4 Å². The lowest BCUT2D eigenvalue weighted by Gasteiger charge is -2.36. The number of hydrogen-bond acceptors (Lipinski definition) is 8. The highest BCUT2D eigenvalue weighted by Gasteiger charge is 2.38. The molecule has 13 nitrogen and oxygen atoms in total. The van der Waals surface area contributed by atoms with Gasteiger partial charge in [-0.1, -0.05) is 6.07 Å². The molecule has 4 rings (SSSR count). The average molecular weight is 590 g/mol. The van der Waals surface area contributed by atoms with Crippen molar-refractivity contribution >= 4 is 50.0 Å².